The number of aromatic nitrogens is 1. The number of phenolic OH excluding ortho intramolecular Hbond substituents is 1. The number of rotatable bonds is 13. The number of pyridine rings is 1. The first kappa shape index (κ1) is 35.8. The van der Waals surface area contributed by atoms with Crippen molar-refractivity contribution in [3.8, 4) is 11.5 Å². The fraction of sp³-hybridized carbons (Fsp3) is 0.231. The second kappa shape index (κ2) is 15.5. The molecule has 1 aliphatic rings. The number of hydrogen-bond donors (Lipinski definition) is 7. The van der Waals surface area contributed by atoms with Crippen LogP contribution in [0.2, 0.25) is 0 Å². The maximum Gasteiger partial charge on any atom is 0.345 e. The van der Waals surface area contributed by atoms with Crippen molar-refractivity contribution < 1.29 is 39.5 Å². The molecule has 1 fully saturated rings. The molecule has 0 bridgehead atoms. The van der Waals surface area contributed by atoms with E-state index in [4.69, 9.17) is 4.74 Å². The maximum absolute atomic E-state index is 13.0. The molecule has 1 aromatic heterocycles. The molecule has 13 nitrogen and oxygen atoms in total. The van der Waals surface area contributed by atoms with E-state index in [0.29, 0.717) is 42.6 Å². The third-order valence-corrected chi connectivity index (χ3v) is 9.14. The Morgan fingerprint density at radius 3 is 2.44 bits per heavy atom. The Hall–Kier alpha value is -6.02. The van der Waals surface area contributed by atoms with Crippen LogP contribution < -0.4 is 20.9 Å². The molecule has 2 heterocycles. The zero-order valence-electron chi connectivity index (χ0n) is 28.0. The van der Waals surface area contributed by atoms with Gasteiger partial charge in [0.1, 0.15) is 11.5 Å². The number of aromatic hydroxyl groups is 1. The van der Waals surface area contributed by atoms with E-state index in [1.165, 1.54) is 36.4 Å². The minimum Gasteiger partial charge on any atom is -0.506 e. The molecule has 1 aliphatic heterocycles. The zero-order valence-corrected chi connectivity index (χ0v) is 28.0. The number of aliphatic hydroxyl groups is 2. The number of carbonyl (C=O) groups is 3. The first-order valence-corrected chi connectivity index (χ1v) is 16.7. The van der Waals surface area contributed by atoms with Gasteiger partial charge in [0.05, 0.1) is 11.6 Å². The number of fused-ring (bicyclic) bond motifs is 1. The summed E-state index contributed by atoms with van der Waals surface area (Å²) in [6, 6.07) is 26.7. The SMILES string of the molecule is O=C(N[C@H]1CCN(C(=O)COc2cccc(C(O)(C(=O)O)c3ccccc3)c2)C1)c1ccc(CNCC(O)c2ccc(O)c3[nH]c(=O)ccc23)cc1. The number of nitrogens with zero attached hydrogens (tertiary/aromatic N) is 1. The molecule has 52 heavy (non-hydrogen) atoms. The number of aromatic amines is 1. The Morgan fingerprint density at radius 2 is 1.69 bits per heavy atom. The van der Waals surface area contributed by atoms with E-state index in [9.17, 15) is 39.6 Å². The van der Waals surface area contributed by atoms with Gasteiger partial charge in [-0.1, -0.05) is 60.7 Å². The summed E-state index contributed by atoms with van der Waals surface area (Å²) < 4.78 is 5.69. The average molecular weight is 707 g/mol. The van der Waals surface area contributed by atoms with Crippen LogP contribution in [0.4, 0.5) is 0 Å². The highest BCUT2D eigenvalue weighted by Crippen LogP contribution is 2.32. The number of carboxylic acid groups (broad SMARTS) is 1. The average Bonchev–Trinajstić information content (AvgIpc) is 3.63. The first-order valence-electron chi connectivity index (χ1n) is 16.7. The van der Waals surface area contributed by atoms with Gasteiger partial charge in [-0.25, -0.2) is 4.79 Å². The predicted molar refractivity (Wildman–Crippen MR) is 191 cm³/mol. The van der Waals surface area contributed by atoms with Crippen LogP contribution in [0.5, 0.6) is 11.5 Å². The number of phenols is 1. The largest absolute Gasteiger partial charge is 0.506 e. The van der Waals surface area contributed by atoms with Gasteiger partial charge >= 0.3 is 5.97 Å². The van der Waals surface area contributed by atoms with Crippen LogP contribution in [0.1, 0.15) is 45.1 Å². The summed E-state index contributed by atoms with van der Waals surface area (Å²) >= 11 is 0. The van der Waals surface area contributed by atoms with Crippen molar-refractivity contribution in [2.75, 3.05) is 26.2 Å². The summed E-state index contributed by atoms with van der Waals surface area (Å²) in [5, 5.41) is 48.6. The Labute approximate surface area is 298 Å². The van der Waals surface area contributed by atoms with Gasteiger partial charge in [0.15, 0.2) is 6.61 Å². The minimum absolute atomic E-state index is 0.0797. The molecule has 1 saturated heterocycles. The van der Waals surface area contributed by atoms with Gasteiger partial charge in [0.2, 0.25) is 11.2 Å². The molecule has 268 valence electrons. The number of amides is 2. The van der Waals surface area contributed by atoms with Gasteiger partial charge < -0.3 is 45.7 Å². The first-order chi connectivity index (χ1) is 25.0. The lowest BCUT2D eigenvalue weighted by molar-refractivity contribution is -0.155. The molecule has 0 aliphatic carbocycles. The number of carbonyl (C=O) groups excluding carboxylic acids is 2. The summed E-state index contributed by atoms with van der Waals surface area (Å²) in [7, 11) is 0. The lowest BCUT2D eigenvalue weighted by Gasteiger charge is -2.25. The van der Waals surface area contributed by atoms with Crippen LogP contribution >= 0.6 is 0 Å². The summed E-state index contributed by atoms with van der Waals surface area (Å²) in [5.74, 6) is -1.87. The van der Waals surface area contributed by atoms with E-state index in [1.807, 2.05) is 12.1 Å². The van der Waals surface area contributed by atoms with Crippen molar-refractivity contribution in [3.63, 3.8) is 0 Å². The van der Waals surface area contributed by atoms with Crippen LogP contribution in [-0.2, 0) is 21.7 Å². The normalized spacial score (nSPS) is 15.9. The fourth-order valence-corrected chi connectivity index (χ4v) is 6.30. The Morgan fingerprint density at radius 1 is 0.942 bits per heavy atom. The second-order valence-corrected chi connectivity index (χ2v) is 12.6. The van der Waals surface area contributed by atoms with Gasteiger partial charge in [-0.3, -0.25) is 14.4 Å². The number of aliphatic hydroxyl groups excluding tert-OH is 1. The Kier molecular flexibility index (Phi) is 10.7. The Balaban J connectivity index is 0.964. The van der Waals surface area contributed by atoms with Crippen molar-refractivity contribution in [1.82, 2.24) is 20.5 Å². The molecule has 7 N–H and O–H groups in total. The molecule has 0 radical (unpaired) electrons. The summed E-state index contributed by atoms with van der Waals surface area (Å²) in [6.07, 6.45) is -0.341. The van der Waals surface area contributed by atoms with Crippen LogP contribution in [0.15, 0.2) is 108 Å². The topological polar surface area (TPSA) is 202 Å². The van der Waals surface area contributed by atoms with Crippen LogP contribution in [0.3, 0.4) is 0 Å². The lowest BCUT2D eigenvalue weighted by atomic mass is 9.86. The smallest absolute Gasteiger partial charge is 0.345 e. The number of H-pyrrole nitrogens is 1. The van der Waals surface area contributed by atoms with E-state index in [1.54, 1.807) is 59.5 Å². The minimum atomic E-state index is -2.30. The fourth-order valence-electron chi connectivity index (χ4n) is 6.30. The molecular weight excluding hydrogens is 668 g/mol. The Bertz CT molecular complexity index is 2140. The van der Waals surface area contributed by atoms with Gasteiger partial charge in [-0.2, -0.15) is 0 Å². The van der Waals surface area contributed by atoms with E-state index < -0.39 is 17.7 Å². The molecule has 6 rings (SSSR count). The van der Waals surface area contributed by atoms with Crippen LogP contribution in [-0.4, -0.2) is 80.4 Å². The van der Waals surface area contributed by atoms with Crippen molar-refractivity contribution in [3.05, 3.63) is 141 Å². The molecule has 13 heteroatoms. The van der Waals surface area contributed by atoms with Crippen LogP contribution in [0, 0.1) is 0 Å². The number of carboxylic acids is 1. The molecule has 3 atom stereocenters. The van der Waals surface area contributed by atoms with Crippen LogP contribution in [0.25, 0.3) is 10.9 Å². The number of ether oxygens (including phenoxy) is 1. The third-order valence-electron chi connectivity index (χ3n) is 9.14. The van der Waals surface area contributed by atoms with Crippen molar-refractivity contribution in [2.45, 2.75) is 30.7 Å². The third kappa shape index (κ3) is 7.81. The van der Waals surface area contributed by atoms with Crippen molar-refractivity contribution in [2.24, 2.45) is 0 Å². The molecular formula is C39H38N4O9. The second-order valence-electron chi connectivity index (χ2n) is 12.6. The van der Waals surface area contributed by atoms with Gasteiger partial charge in [-0.15, -0.1) is 0 Å². The highest BCUT2D eigenvalue weighted by molar-refractivity contribution is 5.94. The van der Waals surface area contributed by atoms with E-state index in [-0.39, 0.29) is 64.7 Å². The quantitative estimate of drug-likeness (QED) is 0.0955. The zero-order chi connectivity index (χ0) is 36.8. The lowest BCUT2D eigenvalue weighted by Crippen LogP contribution is -2.39. The molecule has 2 amide bonds. The van der Waals surface area contributed by atoms with E-state index in [2.05, 4.69) is 15.6 Å². The molecule has 0 saturated carbocycles. The summed E-state index contributed by atoms with van der Waals surface area (Å²) in [4.78, 5) is 53.9. The van der Waals surface area contributed by atoms with Crippen molar-refractivity contribution in [1.29, 1.82) is 0 Å². The molecule has 4 aromatic carbocycles. The summed E-state index contributed by atoms with van der Waals surface area (Å²) in [5.41, 5.74) is -0.219. The van der Waals surface area contributed by atoms with Gasteiger partial charge in [0.25, 0.3) is 11.8 Å². The maximum atomic E-state index is 13.0. The van der Waals surface area contributed by atoms with Crippen molar-refractivity contribution >= 4 is 28.7 Å². The molecule has 0 spiro atoms. The number of benzene rings is 4. The van der Waals surface area contributed by atoms with Gasteiger partial charge in [-0.05, 0) is 59.5 Å². The number of aliphatic carboxylic acids is 1. The number of nitrogens with one attached hydrogen (secondary N) is 3. The molecule has 5 aromatic rings. The van der Waals surface area contributed by atoms with E-state index >= 15 is 0 Å². The molecule has 2 unspecified atom stereocenters. The predicted octanol–water partition coefficient (Wildman–Crippen LogP) is 2.79. The standard InChI is InChI=1S/C39H38N4O9/c44-32-15-13-30(31-14-16-34(46)42-36(31)32)33(45)21-40-20-24-9-11-25(12-10-24)37(48)41-28-17-18-43(22-28)35(47)23-52-29-8-4-7-27(19-29)39(51,38(49)50)26-5-2-1-3-6-26/h1-16,19,28,33,40,44-45,51H,17-18,20-23H2,(H,41,48)(H,42,46)(H,49,50)/t28-,33?,39?/m0/s1. The highest BCUT2D eigenvalue weighted by Gasteiger charge is 2.40. The monoisotopic (exact) mass is 706 g/mol. The summed E-state index contributed by atoms with van der Waals surface area (Å²) in [6.45, 7) is 1.05. The van der Waals surface area contributed by atoms with E-state index in [0.717, 1.165) is 5.56 Å². The number of likely N-dealkylation sites (tertiary alicyclic amines) is 1. The number of hydrogen-bond acceptors (Lipinski definition) is 9. The highest BCUT2D eigenvalue weighted by atomic mass is 16.5. The van der Waals surface area contributed by atoms with Gasteiger partial charge in [0, 0.05) is 54.8 Å².